The number of carbonyl (C=O) groups is 2. The van der Waals surface area contributed by atoms with Crippen molar-refractivity contribution in [3.63, 3.8) is 0 Å². The molecule has 7 nitrogen and oxygen atoms in total. The number of sulfonamides is 1. The maximum Gasteiger partial charge on any atom is 0.253 e. The maximum atomic E-state index is 13.0. The van der Waals surface area contributed by atoms with Gasteiger partial charge in [-0.25, -0.2) is 8.42 Å². The van der Waals surface area contributed by atoms with E-state index >= 15 is 0 Å². The molecule has 0 saturated carbocycles. The lowest BCUT2D eigenvalue weighted by Gasteiger charge is -2.23. The lowest BCUT2D eigenvalue weighted by atomic mass is 10.1. The Morgan fingerprint density at radius 3 is 2.57 bits per heavy atom. The SMILES string of the molecule is Cc1ccc(S(=O)(=O)N2CCCN(C(=O)c3ccc4c(c3)NC(=O)CS4)CC2)cc1. The Kier molecular flexibility index (Phi) is 5.86. The first-order valence-corrected chi connectivity index (χ1v) is 12.2. The molecule has 2 aromatic carbocycles. The first-order valence-electron chi connectivity index (χ1n) is 9.77. The lowest BCUT2D eigenvalue weighted by molar-refractivity contribution is -0.113. The summed E-state index contributed by atoms with van der Waals surface area (Å²) >= 11 is 1.45. The summed E-state index contributed by atoms with van der Waals surface area (Å²) in [6.07, 6.45) is 0.564. The third kappa shape index (κ3) is 4.23. The van der Waals surface area contributed by atoms with Crippen LogP contribution in [0.1, 0.15) is 22.3 Å². The molecule has 2 heterocycles. The molecule has 2 amide bonds. The van der Waals surface area contributed by atoms with Crippen molar-refractivity contribution < 1.29 is 18.0 Å². The maximum absolute atomic E-state index is 13.0. The number of carbonyl (C=O) groups excluding carboxylic acids is 2. The summed E-state index contributed by atoms with van der Waals surface area (Å²) in [5, 5.41) is 2.80. The Labute approximate surface area is 180 Å². The fourth-order valence-electron chi connectivity index (χ4n) is 3.60. The first-order chi connectivity index (χ1) is 14.3. The second-order valence-electron chi connectivity index (χ2n) is 7.41. The van der Waals surface area contributed by atoms with Gasteiger partial charge in [0.1, 0.15) is 0 Å². The topological polar surface area (TPSA) is 86.8 Å². The molecule has 0 radical (unpaired) electrons. The highest BCUT2D eigenvalue weighted by molar-refractivity contribution is 8.00. The molecule has 2 aliphatic heterocycles. The summed E-state index contributed by atoms with van der Waals surface area (Å²) in [6.45, 7) is 3.34. The van der Waals surface area contributed by atoms with Crippen LogP contribution >= 0.6 is 11.8 Å². The van der Waals surface area contributed by atoms with Crippen LogP contribution in [0.15, 0.2) is 52.3 Å². The van der Waals surface area contributed by atoms with Crippen LogP contribution in [0.3, 0.4) is 0 Å². The van der Waals surface area contributed by atoms with Crippen molar-refractivity contribution in [2.24, 2.45) is 0 Å². The predicted octanol–water partition coefficient (Wildman–Crippen LogP) is 2.58. The summed E-state index contributed by atoms with van der Waals surface area (Å²) in [5.74, 6) is 0.138. The molecule has 0 aromatic heterocycles. The quantitative estimate of drug-likeness (QED) is 0.785. The number of anilines is 1. The van der Waals surface area contributed by atoms with E-state index in [1.807, 2.05) is 13.0 Å². The highest BCUT2D eigenvalue weighted by Crippen LogP contribution is 2.32. The minimum Gasteiger partial charge on any atom is -0.337 e. The van der Waals surface area contributed by atoms with E-state index in [1.54, 1.807) is 41.3 Å². The molecular formula is C21H23N3O4S2. The van der Waals surface area contributed by atoms with Gasteiger partial charge >= 0.3 is 0 Å². The van der Waals surface area contributed by atoms with E-state index < -0.39 is 10.0 Å². The molecule has 0 bridgehead atoms. The van der Waals surface area contributed by atoms with Crippen LogP contribution in [0.2, 0.25) is 0 Å². The minimum atomic E-state index is -3.59. The van der Waals surface area contributed by atoms with Crippen molar-refractivity contribution in [1.29, 1.82) is 0 Å². The van der Waals surface area contributed by atoms with E-state index in [-0.39, 0.29) is 23.3 Å². The molecule has 1 saturated heterocycles. The largest absolute Gasteiger partial charge is 0.337 e. The van der Waals surface area contributed by atoms with Gasteiger partial charge in [0, 0.05) is 36.6 Å². The van der Waals surface area contributed by atoms with Crippen LogP contribution in [0.25, 0.3) is 0 Å². The Morgan fingerprint density at radius 2 is 1.80 bits per heavy atom. The van der Waals surface area contributed by atoms with Crippen molar-refractivity contribution in [2.45, 2.75) is 23.1 Å². The molecule has 4 rings (SSSR count). The number of nitrogens with zero attached hydrogens (tertiary/aromatic N) is 2. The van der Waals surface area contributed by atoms with Gasteiger partial charge in [0.15, 0.2) is 0 Å². The molecule has 0 atom stereocenters. The van der Waals surface area contributed by atoms with Gasteiger partial charge < -0.3 is 10.2 Å². The standard InChI is InChI=1S/C21H23N3O4S2/c1-15-3-6-17(7-4-15)30(27,28)24-10-2-9-23(11-12-24)21(26)16-5-8-19-18(13-16)22-20(25)14-29-19/h3-8,13H,2,9-12,14H2,1H3,(H,22,25). The van der Waals surface area contributed by atoms with Gasteiger partial charge in [0.25, 0.3) is 5.91 Å². The van der Waals surface area contributed by atoms with E-state index in [4.69, 9.17) is 0 Å². The normalized spacial score (nSPS) is 17.8. The van der Waals surface area contributed by atoms with E-state index in [0.717, 1.165) is 10.5 Å². The van der Waals surface area contributed by atoms with Crippen molar-refractivity contribution >= 4 is 39.3 Å². The van der Waals surface area contributed by atoms with Crippen molar-refractivity contribution in [2.75, 3.05) is 37.2 Å². The molecule has 1 N–H and O–H groups in total. The van der Waals surface area contributed by atoms with Gasteiger partial charge in [-0.15, -0.1) is 11.8 Å². The highest BCUT2D eigenvalue weighted by Gasteiger charge is 2.29. The number of benzene rings is 2. The number of fused-ring (bicyclic) bond motifs is 1. The molecule has 0 aliphatic carbocycles. The average molecular weight is 446 g/mol. The lowest BCUT2D eigenvalue weighted by Crippen LogP contribution is -2.37. The molecule has 0 spiro atoms. The van der Waals surface area contributed by atoms with Crippen LogP contribution < -0.4 is 5.32 Å². The smallest absolute Gasteiger partial charge is 0.253 e. The van der Waals surface area contributed by atoms with Crippen molar-refractivity contribution in [1.82, 2.24) is 9.21 Å². The number of aryl methyl sites for hydroxylation is 1. The van der Waals surface area contributed by atoms with Crippen LogP contribution in [0.5, 0.6) is 0 Å². The second-order valence-corrected chi connectivity index (χ2v) is 10.4. The number of thioether (sulfide) groups is 1. The molecule has 9 heteroatoms. The Bertz CT molecular complexity index is 1080. The summed E-state index contributed by atoms with van der Waals surface area (Å²) in [6, 6.07) is 12.1. The zero-order valence-electron chi connectivity index (χ0n) is 16.6. The number of hydrogen-bond donors (Lipinski definition) is 1. The van der Waals surface area contributed by atoms with Crippen molar-refractivity contribution in [3.8, 4) is 0 Å². The van der Waals surface area contributed by atoms with Crippen LogP contribution in [-0.4, -0.2) is 61.4 Å². The summed E-state index contributed by atoms with van der Waals surface area (Å²) in [5.41, 5.74) is 2.15. The third-order valence-electron chi connectivity index (χ3n) is 5.26. The molecule has 30 heavy (non-hydrogen) atoms. The molecule has 2 aliphatic rings. The second kappa shape index (κ2) is 8.41. The Hall–Kier alpha value is -2.36. The Morgan fingerprint density at radius 1 is 1.03 bits per heavy atom. The monoisotopic (exact) mass is 445 g/mol. The van der Waals surface area contributed by atoms with Gasteiger partial charge in [0.2, 0.25) is 15.9 Å². The van der Waals surface area contributed by atoms with Gasteiger partial charge in [-0.05, 0) is 43.7 Å². The van der Waals surface area contributed by atoms with Gasteiger partial charge in [-0.3, -0.25) is 9.59 Å². The highest BCUT2D eigenvalue weighted by atomic mass is 32.2. The average Bonchev–Trinajstić information content (AvgIpc) is 3.00. The first kappa shape index (κ1) is 20.9. The summed E-state index contributed by atoms with van der Waals surface area (Å²) in [4.78, 5) is 27.6. The number of nitrogens with one attached hydrogen (secondary N) is 1. The zero-order valence-corrected chi connectivity index (χ0v) is 18.3. The summed E-state index contributed by atoms with van der Waals surface area (Å²) in [7, 11) is -3.59. The predicted molar refractivity (Wildman–Crippen MR) is 116 cm³/mol. The van der Waals surface area contributed by atoms with E-state index in [1.165, 1.54) is 16.1 Å². The summed E-state index contributed by atoms with van der Waals surface area (Å²) < 4.78 is 27.4. The van der Waals surface area contributed by atoms with Crippen molar-refractivity contribution in [3.05, 3.63) is 53.6 Å². The van der Waals surface area contributed by atoms with Gasteiger partial charge in [0.05, 0.1) is 16.3 Å². The number of amides is 2. The number of hydrogen-bond acceptors (Lipinski definition) is 5. The van der Waals surface area contributed by atoms with Crippen LogP contribution in [0, 0.1) is 6.92 Å². The Balaban J connectivity index is 1.48. The molecule has 1 fully saturated rings. The molecule has 0 unspecified atom stereocenters. The molecule has 158 valence electrons. The van der Waals surface area contributed by atoms with E-state index in [0.29, 0.717) is 43.1 Å². The third-order valence-corrected chi connectivity index (χ3v) is 8.25. The van der Waals surface area contributed by atoms with Gasteiger partial charge in [-0.2, -0.15) is 4.31 Å². The number of rotatable bonds is 3. The fourth-order valence-corrected chi connectivity index (χ4v) is 5.85. The fraction of sp³-hybridized carbons (Fsp3) is 0.333. The van der Waals surface area contributed by atoms with Crippen LogP contribution in [0.4, 0.5) is 5.69 Å². The molecular weight excluding hydrogens is 422 g/mol. The van der Waals surface area contributed by atoms with Crippen LogP contribution in [-0.2, 0) is 14.8 Å². The zero-order chi connectivity index (χ0) is 21.3. The van der Waals surface area contributed by atoms with Gasteiger partial charge in [-0.1, -0.05) is 17.7 Å². The molecule has 2 aromatic rings. The van der Waals surface area contributed by atoms with E-state index in [2.05, 4.69) is 5.32 Å². The van der Waals surface area contributed by atoms with E-state index in [9.17, 15) is 18.0 Å². The minimum absolute atomic E-state index is 0.0798.